The third-order valence-corrected chi connectivity index (χ3v) is 3.30. The van der Waals surface area contributed by atoms with Crippen LogP contribution >= 0.6 is 0 Å². The Morgan fingerprint density at radius 3 is 2.29 bits per heavy atom. The van der Waals surface area contributed by atoms with Gasteiger partial charge in [-0.2, -0.15) is 5.10 Å². The van der Waals surface area contributed by atoms with Gasteiger partial charge in [-0.15, -0.1) is 0 Å². The van der Waals surface area contributed by atoms with Crippen LogP contribution in [-0.2, 0) is 0 Å². The van der Waals surface area contributed by atoms with Gasteiger partial charge in [-0.3, -0.25) is 14.3 Å². The summed E-state index contributed by atoms with van der Waals surface area (Å²) in [5.74, 6) is -0.598. The molecule has 0 spiro atoms. The maximum absolute atomic E-state index is 12.0. The highest BCUT2D eigenvalue weighted by Gasteiger charge is 2.21. The van der Waals surface area contributed by atoms with Gasteiger partial charge >= 0.3 is 0 Å². The second-order valence-electron chi connectivity index (χ2n) is 4.60. The molecule has 0 saturated carbocycles. The molecule has 6 heteroatoms. The van der Waals surface area contributed by atoms with E-state index in [4.69, 9.17) is 0 Å². The molecule has 0 bridgehead atoms. The van der Waals surface area contributed by atoms with Crippen molar-refractivity contribution in [2.75, 3.05) is 14.1 Å². The standard InChI is InChI=1S/C15H18N4O2/c1-10(11-7-5-4-6-8-11)19-13(15(21)17-3)9-12(18-19)14(20)16-2/h4-10H,1-3H3,(H,16,20)(H,17,21)/t10-/m0/s1. The number of benzene rings is 1. The van der Waals surface area contributed by atoms with E-state index in [1.165, 1.54) is 13.1 Å². The van der Waals surface area contributed by atoms with Crippen molar-refractivity contribution in [3.63, 3.8) is 0 Å². The van der Waals surface area contributed by atoms with Gasteiger partial charge in [0.05, 0.1) is 6.04 Å². The molecular formula is C15H18N4O2. The van der Waals surface area contributed by atoms with Crippen LogP contribution in [0.4, 0.5) is 0 Å². The van der Waals surface area contributed by atoms with Crippen LogP contribution in [0.2, 0.25) is 0 Å². The van der Waals surface area contributed by atoms with Gasteiger partial charge in [0.1, 0.15) is 5.69 Å². The molecule has 21 heavy (non-hydrogen) atoms. The normalized spacial score (nSPS) is 11.8. The van der Waals surface area contributed by atoms with Crippen molar-refractivity contribution >= 4 is 11.8 Å². The van der Waals surface area contributed by atoms with Crippen molar-refractivity contribution in [3.05, 3.63) is 53.3 Å². The third kappa shape index (κ3) is 2.94. The van der Waals surface area contributed by atoms with Gasteiger partial charge in [0.2, 0.25) is 0 Å². The van der Waals surface area contributed by atoms with Gasteiger partial charge in [0.15, 0.2) is 5.69 Å². The smallest absolute Gasteiger partial charge is 0.271 e. The summed E-state index contributed by atoms with van der Waals surface area (Å²) in [6.07, 6.45) is 0. The molecular weight excluding hydrogens is 268 g/mol. The van der Waals surface area contributed by atoms with E-state index in [1.54, 1.807) is 11.7 Å². The summed E-state index contributed by atoms with van der Waals surface area (Å²) in [6, 6.07) is 11.0. The highest BCUT2D eigenvalue weighted by Crippen LogP contribution is 2.20. The number of carbonyl (C=O) groups is 2. The molecule has 0 fully saturated rings. The Kier molecular flexibility index (Phi) is 4.37. The Morgan fingerprint density at radius 2 is 1.71 bits per heavy atom. The molecule has 6 nitrogen and oxygen atoms in total. The number of nitrogens with one attached hydrogen (secondary N) is 2. The summed E-state index contributed by atoms with van der Waals surface area (Å²) in [4.78, 5) is 23.7. The molecule has 0 unspecified atom stereocenters. The lowest BCUT2D eigenvalue weighted by Gasteiger charge is -2.15. The Bertz CT molecular complexity index is 649. The minimum atomic E-state index is -0.320. The van der Waals surface area contributed by atoms with Gasteiger partial charge < -0.3 is 10.6 Å². The molecule has 1 aromatic carbocycles. The van der Waals surface area contributed by atoms with Gasteiger partial charge in [-0.1, -0.05) is 30.3 Å². The Hall–Kier alpha value is -2.63. The molecule has 2 aromatic rings. The Labute approximate surface area is 123 Å². The summed E-state index contributed by atoms with van der Waals surface area (Å²) in [5, 5.41) is 9.35. The number of hydrogen-bond donors (Lipinski definition) is 2. The molecule has 1 atom stereocenters. The van der Waals surface area contributed by atoms with Crippen LogP contribution in [0.3, 0.4) is 0 Å². The van der Waals surface area contributed by atoms with Crippen LogP contribution in [0.25, 0.3) is 0 Å². The first kappa shape index (κ1) is 14.8. The quantitative estimate of drug-likeness (QED) is 0.887. The molecule has 1 heterocycles. The molecule has 0 aliphatic rings. The fourth-order valence-electron chi connectivity index (χ4n) is 2.10. The third-order valence-electron chi connectivity index (χ3n) is 3.30. The van der Waals surface area contributed by atoms with Gasteiger partial charge in [0, 0.05) is 20.2 Å². The van der Waals surface area contributed by atoms with E-state index in [0.717, 1.165) is 5.56 Å². The fourth-order valence-corrected chi connectivity index (χ4v) is 2.10. The maximum Gasteiger partial charge on any atom is 0.271 e. The van der Waals surface area contributed by atoms with E-state index in [9.17, 15) is 9.59 Å². The van der Waals surface area contributed by atoms with Crippen molar-refractivity contribution in [2.45, 2.75) is 13.0 Å². The summed E-state index contributed by atoms with van der Waals surface area (Å²) in [5.41, 5.74) is 1.58. The summed E-state index contributed by atoms with van der Waals surface area (Å²) >= 11 is 0. The van der Waals surface area contributed by atoms with Crippen LogP contribution in [0.1, 0.15) is 39.5 Å². The largest absolute Gasteiger partial charge is 0.354 e. The second-order valence-corrected chi connectivity index (χ2v) is 4.60. The fraction of sp³-hybridized carbons (Fsp3) is 0.267. The molecule has 2 rings (SSSR count). The molecule has 0 saturated heterocycles. The number of amides is 2. The second kappa shape index (κ2) is 6.21. The van der Waals surface area contributed by atoms with Crippen LogP contribution in [0.15, 0.2) is 36.4 Å². The van der Waals surface area contributed by atoms with Gasteiger partial charge in [-0.25, -0.2) is 0 Å². The first-order valence-corrected chi connectivity index (χ1v) is 6.67. The lowest BCUT2D eigenvalue weighted by molar-refractivity contribution is 0.0945. The average molecular weight is 286 g/mol. The summed E-state index contributed by atoms with van der Waals surface area (Å²) < 4.78 is 1.57. The number of nitrogens with zero attached hydrogens (tertiary/aromatic N) is 2. The van der Waals surface area contributed by atoms with E-state index < -0.39 is 0 Å². The average Bonchev–Trinajstić information content (AvgIpc) is 2.98. The molecule has 0 aliphatic heterocycles. The van der Waals surface area contributed by atoms with E-state index >= 15 is 0 Å². The lowest BCUT2D eigenvalue weighted by atomic mass is 10.1. The molecule has 1 aromatic heterocycles. The Morgan fingerprint density at radius 1 is 1.10 bits per heavy atom. The SMILES string of the molecule is CNC(=O)c1cc(C(=O)NC)n([C@@H](C)c2ccccc2)n1. The van der Waals surface area contributed by atoms with Crippen LogP contribution in [-0.4, -0.2) is 35.7 Å². The van der Waals surface area contributed by atoms with E-state index in [-0.39, 0.29) is 23.6 Å². The van der Waals surface area contributed by atoms with E-state index in [0.29, 0.717) is 5.69 Å². The lowest BCUT2D eigenvalue weighted by Crippen LogP contribution is -2.24. The topological polar surface area (TPSA) is 76.0 Å². The zero-order valence-corrected chi connectivity index (χ0v) is 12.3. The molecule has 2 N–H and O–H groups in total. The predicted molar refractivity (Wildman–Crippen MR) is 79.3 cm³/mol. The van der Waals surface area contributed by atoms with Crippen molar-refractivity contribution in [1.29, 1.82) is 0 Å². The Balaban J connectivity index is 2.48. The minimum absolute atomic E-state index is 0.156. The maximum atomic E-state index is 12.0. The first-order chi connectivity index (χ1) is 10.1. The first-order valence-electron chi connectivity index (χ1n) is 6.67. The molecule has 0 aliphatic carbocycles. The van der Waals surface area contributed by atoms with Crippen LogP contribution in [0.5, 0.6) is 0 Å². The number of hydrogen-bond acceptors (Lipinski definition) is 3. The van der Waals surface area contributed by atoms with Crippen molar-refractivity contribution in [1.82, 2.24) is 20.4 Å². The highest BCUT2D eigenvalue weighted by molar-refractivity contribution is 5.97. The molecule has 0 radical (unpaired) electrons. The number of aromatic nitrogens is 2. The molecule has 2 amide bonds. The summed E-state index contributed by atoms with van der Waals surface area (Å²) in [7, 11) is 3.08. The van der Waals surface area contributed by atoms with E-state index in [2.05, 4.69) is 15.7 Å². The minimum Gasteiger partial charge on any atom is -0.354 e. The number of rotatable bonds is 4. The van der Waals surface area contributed by atoms with Crippen LogP contribution in [0, 0.1) is 0 Å². The molecule has 110 valence electrons. The van der Waals surface area contributed by atoms with Gasteiger partial charge in [0.25, 0.3) is 11.8 Å². The number of carbonyl (C=O) groups excluding carboxylic acids is 2. The van der Waals surface area contributed by atoms with Crippen molar-refractivity contribution in [3.8, 4) is 0 Å². The predicted octanol–water partition coefficient (Wildman–Crippen LogP) is 1.21. The van der Waals surface area contributed by atoms with Crippen molar-refractivity contribution in [2.24, 2.45) is 0 Å². The zero-order chi connectivity index (χ0) is 15.4. The monoisotopic (exact) mass is 286 g/mol. The van der Waals surface area contributed by atoms with Crippen LogP contribution < -0.4 is 10.6 Å². The van der Waals surface area contributed by atoms with Gasteiger partial charge in [-0.05, 0) is 12.5 Å². The highest BCUT2D eigenvalue weighted by atomic mass is 16.2. The summed E-state index contributed by atoms with van der Waals surface area (Å²) in [6.45, 7) is 1.93. The zero-order valence-electron chi connectivity index (χ0n) is 12.3. The van der Waals surface area contributed by atoms with Crippen molar-refractivity contribution < 1.29 is 9.59 Å². The van der Waals surface area contributed by atoms with E-state index in [1.807, 2.05) is 37.3 Å².